The molecule has 100 valence electrons. The van der Waals surface area contributed by atoms with Gasteiger partial charge in [0.15, 0.2) is 5.96 Å². The van der Waals surface area contributed by atoms with E-state index in [0.717, 1.165) is 42.9 Å². The normalized spacial score (nSPS) is 15.1. The molecule has 0 radical (unpaired) electrons. The van der Waals surface area contributed by atoms with E-state index in [1.165, 1.54) is 16.5 Å². The van der Waals surface area contributed by atoms with Crippen LogP contribution in [-0.2, 0) is 6.42 Å². The minimum Gasteiger partial charge on any atom is -0.361 e. The fourth-order valence-electron chi connectivity index (χ4n) is 2.32. The second-order valence-electron chi connectivity index (χ2n) is 4.69. The molecule has 0 bridgehead atoms. The van der Waals surface area contributed by atoms with Gasteiger partial charge in [-0.3, -0.25) is 4.99 Å². The summed E-state index contributed by atoms with van der Waals surface area (Å²) in [6.07, 6.45) is 4.20. The molecular formula is C14H17BrN4. The number of aromatic nitrogens is 1. The number of nitrogens with zero attached hydrogens (tertiary/aromatic N) is 1. The molecule has 3 N–H and O–H groups in total. The molecule has 19 heavy (non-hydrogen) atoms. The van der Waals surface area contributed by atoms with Crippen LogP contribution in [0.25, 0.3) is 10.9 Å². The first kappa shape index (κ1) is 12.5. The third kappa shape index (κ3) is 2.92. The van der Waals surface area contributed by atoms with Crippen LogP contribution < -0.4 is 10.6 Å². The van der Waals surface area contributed by atoms with Gasteiger partial charge in [0, 0.05) is 41.2 Å². The molecule has 0 fully saturated rings. The summed E-state index contributed by atoms with van der Waals surface area (Å²) in [5.74, 6) is 0.937. The molecule has 0 saturated carbocycles. The fourth-order valence-corrected chi connectivity index (χ4v) is 2.69. The van der Waals surface area contributed by atoms with E-state index in [9.17, 15) is 0 Å². The molecule has 4 nitrogen and oxygen atoms in total. The number of guanidine groups is 1. The lowest BCUT2D eigenvalue weighted by molar-refractivity contribution is 0.700. The first-order chi connectivity index (χ1) is 9.33. The van der Waals surface area contributed by atoms with Crippen LogP contribution in [0.5, 0.6) is 0 Å². The molecule has 5 heteroatoms. The van der Waals surface area contributed by atoms with Crippen molar-refractivity contribution in [2.75, 3.05) is 19.6 Å². The van der Waals surface area contributed by atoms with Crippen molar-refractivity contribution >= 4 is 32.8 Å². The van der Waals surface area contributed by atoms with Crippen molar-refractivity contribution in [3.05, 3.63) is 34.4 Å². The molecule has 1 aliphatic heterocycles. The predicted molar refractivity (Wildman–Crippen MR) is 82.6 cm³/mol. The van der Waals surface area contributed by atoms with Crippen LogP contribution >= 0.6 is 15.9 Å². The molecular weight excluding hydrogens is 304 g/mol. The van der Waals surface area contributed by atoms with Gasteiger partial charge in [0.2, 0.25) is 0 Å². The fraction of sp³-hybridized carbons (Fsp3) is 0.357. The van der Waals surface area contributed by atoms with Crippen molar-refractivity contribution in [3.63, 3.8) is 0 Å². The zero-order chi connectivity index (χ0) is 13.1. The first-order valence-electron chi connectivity index (χ1n) is 6.60. The van der Waals surface area contributed by atoms with Crippen molar-refractivity contribution in [2.45, 2.75) is 12.8 Å². The maximum atomic E-state index is 4.40. The third-order valence-electron chi connectivity index (χ3n) is 3.31. The summed E-state index contributed by atoms with van der Waals surface area (Å²) in [6, 6.07) is 6.32. The first-order valence-corrected chi connectivity index (χ1v) is 7.40. The minimum absolute atomic E-state index is 0.894. The minimum atomic E-state index is 0.894. The van der Waals surface area contributed by atoms with Crippen molar-refractivity contribution in [3.8, 4) is 0 Å². The summed E-state index contributed by atoms with van der Waals surface area (Å²) in [4.78, 5) is 7.71. The number of fused-ring (bicyclic) bond motifs is 1. The molecule has 1 aliphatic rings. The van der Waals surface area contributed by atoms with Gasteiger partial charge < -0.3 is 15.6 Å². The van der Waals surface area contributed by atoms with E-state index < -0.39 is 0 Å². The molecule has 0 saturated heterocycles. The monoisotopic (exact) mass is 320 g/mol. The number of halogens is 1. The molecule has 3 rings (SSSR count). The van der Waals surface area contributed by atoms with Gasteiger partial charge in [-0.1, -0.05) is 15.9 Å². The quantitative estimate of drug-likeness (QED) is 0.813. The van der Waals surface area contributed by atoms with Crippen molar-refractivity contribution < 1.29 is 0 Å². The zero-order valence-electron chi connectivity index (χ0n) is 10.7. The highest BCUT2D eigenvalue weighted by Gasteiger charge is 2.06. The SMILES string of the molecule is Brc1ccc2[nH]cc(CCNC3=NCCCN3)c2c1. The number of benzene rings is 1. The van der Waals surface area contributed by atoms with E-state index in [4.69, 9.17) is 0 Å². The molecule has 0 spiro atoms. The second-order valence-corrected chi connectivity index (χ2v) is 5.61. The van der Waals surface area contributed by atoms with E-state index in [1.807, 2.05) is 0 Å². The van der Waals surface area contributed by atoms with Gasteiger partial charge in [0.1, 0.15) is 0 Å². The topological polar surface area (TPSA) is 52.2 Å². The molecule has 2 aromatic rings. The van der Waals surface area contributed by atoms with Crippen LogP contribution in [0.1, 0.15) is 12.0 Å². The average Bonchev–Trinajstić information content (AvgIpc) is 2.83. The Kier molecular flexibility index (Phi) is 3.73. The van der Waals surface area contributed by atoms with Crippen LogP contribution in [-0.4, -0.2) is 30.6 Å². The Morgan fingerprint density at radius 2 is 2.32 bits per heavy atom. The number of hydrogen-bond acceptors (Lipinski definition) is 3. The van der Waals surface area contributed by atoms with Crippen LogP contribution in [0.15, 0.2) is 33.9 Å². The van der Waals surface area contributed by atoms with Gasteiger partial charge in [-0.2, -0.15) is 0 Å². The third-order valence-corrected chi connectivity index (χ3v) is 3.81. The van der Waals surface area contributed by atoms with E-state index in [0.29, 0.717) is 0 Å². The number of aliphatic imine (C=N–C) groups is 1. The molecule has 1 aromatic carbocycles. The predicted octanol–water partition coefficient (Wildman–Crippen LogP) is 2.41. The highest BCUT2D eigenvalue weighted by Crippen LogP contribution is 2.22. The Balaban J connectivity index is 1.65. The van der Waals surface area contributed by atoms with E-state index in [2.05, 4.69) is 60.9 Å². The second kappa shape index (κ2) is 5.65. The molecule has 0 aliphatic carbocycles. The maximum Gasteiger partial charge on any atom is 0.191 e. The number of H-pyrrole nitrogens is 1. The Hall–Kier alpha value is -1.49. The van der Waals surface area contributed by atoms with Gasteiger partial charge in [-0.25, -0.2) is 0 Å². The van der Waals surface area contributed by atoms with E-state index in [1.54, 1.807) is 0 Å². The van der Waals surface area contributed by atoms with Crippen molar-refractivity contribution in [1.29, 1.82) is 0 Å². The van der Waals surface area contributed by atoms with Gasteiger partial charge >= 0.3 is 0 Å². The van der Waals surface area contributed by atoms with Crippen LogP contribution in [0.3, 0.4) is 0 Å². The molecule has 0 unspecified atom stereocenters. The summed E-state index contributed by atoms with van der Waals surface area (Å²) in [5, 5.41) is 7.91. The van der Waals surface area contributed by atoms with Crippen molar-refractivity contribution in [2.24, 2.45) is 4.99 Å². The van der Waals surface area contributed by atoms with Crippen LogP contribution in [0, 0.1) is 0 Å². The average molecular weight is 321 g/mol. The largest absolute Gasteiger partial charge is 0.361 e. The number of rotatable bonds is 3. The van der Waals surface area contributed by atoms with Crippen molar-refractivity contribution in [1.82, 2.24) is 15.6 Å². The zero-order valence-corrected chi connectivity index (χ0v) is 12.3. The maximum absolute atomic E-state index is 4.40. The van der Waals surface area contributed by atoms with Gasteiger partial charge in [-0.05, 0) is 36.6 Å². The summed E-state index contributed by atoms with van der Waals surface area (Å²) in [7, 11) is 0. The Bertz CT molecular complexity index is 603. The highest BCUT2D eigenvalue weighted by atomic mass is 79.9. The Morgan fingerprint density at radius 3 is 3.16 bits per heavy atom. The smallest absolute Gasteiger partial charge is 0.191 e. The van der Waals surface area contributed by atoms with E-state index in [-0.39, 0.29) is 0 Å². The molecule has 2 heterocycles. The van der Waals surface area contributed by atoms with Crippen LogP contribution in [0.2, 0.25) is 0 Å². The Labute approximate surface area is 120 Å². The lowest BCUT2D eigenvalue weighted by Crippen LogP contribution is -2.41. The van der Waals surface area contributed by atoms with Crippen LogP contribution in [0.4, 0.5) is 0 Å². The summed E-state index contributed by atoms with van der Waals surface area (Å²) >= 11 is 3.52. The van der Waals surface area contributed by atoms with Gasteiger partial charge in [-0.15, -0.1) is 0 Å². The summed E-state index contributed by atoms with van der Waals surface area (Å²) in [5.41, 5.74) is 2.52. The summed E-state index contributed by atoms with van der Waals surface area (Å²) in [6.45, 7) is 2.84. The Morgan fingerprint density at radius 1 is 1.37 bits per heavy atom. The number of hydrogen-bond donors (Lipinski definition) is 3. The lowest BCUT2D eigenvalue weighted by atomic mass is 10.1. The molecule has 0 amide bonds. The highest BCUT2D eigenvalue weighted by molar-refractivity contribution is 9.10. The lowest BCUT2D eigenvalue weighted by Gasteiger charge is -2.15. The van der Waals surface area contributed by atoms with E-state index >= 15 is 0 Å². The van der Waals surface area contributed by atoms with Gasteiger partial charge in [0.25, 0.3) is 0 Å². The molecule has 0 atom stereocenters. The number of nitrogens with one attached hydrogen (secondary N) is 3. The summed E-state index contributed by atoms with van der Waals surface area (Å²) < 4.78 is 1.12. The molecule has 1 aromatic heterocycles. The standard InChI is InChI=1S/C14H17BrN4/c15-11-2-3-13-12(8-11)10(9-19-13)4-7-18-14-16-5-1-6-17-14/h2-3,8-9,19H,1,4-7H2,(H2,16,17,18). The van der Waals surface area contributed by atoms with Gasteiger partial charge in [0.05, 0.1) is 0 Å². The number of aromatic amines is 1.